The van der Waals surface area contributed by atoms with Gasteiger partial charge in [-0.15, -0.1) is 9.50 Å². The van der Waals surface area contributed by atoms with E-state index in [9.17, 15) is 8.42 Å². The highest BCUT2D eigenvalue weighted by Crippen LogP contribution is 2.31. The summed E-state index contributed by atoms with van der Waals surface area (Å²) < 4.78 is 31.6. The van der Waals surface area contributed by atoms with Gasteiger partial charge in [0.05, 0.1) is 18.5 Å². The summed E-state index contributed by atoms with van der Waals surface area (Å²) in [6.45, 7) is 4.12. The Labute approximate surface area is 202 Å². The van der Waals surface area contributed by atoms with Crippen LogP contribution in [0, 0.1) is 0 Å². The fourth-order valence-electron chi connectivity index (χ4n) is 3.57. The highest BCUT2D eigenvalue weighted by atomic mass is 35.5. The van der Waals surface area contributed by atoms with Crippen molar-refractivity contribution in [3.63, 3.8) is 0 Å². The van der Waals surface area contributed by atoms with Crippen molar-refractivity contribution in [2.24, 2.45) is 9.50 Å². The van der Waals surface area contributed by atoms with Gasteiger partial charge in [-0.05, 0) is 43.4 Å². The largest absolute Gasteiger partial charge is 0.303 e. The number of hydrogen-bond donors (Lipinski definition) is 0. The first-order chi connectivity index (χ1) is 15.8. The van der Waals surface area contributed by atoms with Crippen molar-refractivity contribution in [2.45, 2.75) is 30.8 Å². The molecule has 0 spiro atoms. The fourth-order valence-corrected chi connectivity index (χ4v) is 5.67. The molecule has 33 heavy (non-hydrogen) atoms. The number of amidine groups is 1. The maximum atomic E-state index is 13.1. The summed E-state index contributed by atoms with van der Waals surface area (Å²) in [5.74, 6) is -0.0599. The Morgan fingerprint density at radius 3 is 2.48 bits per heavy atom. The first-order valence-corrected chi connectivity index (χ1v) is 13.3. The standard InChI is InChI=1S/C22H23ClN6O2S2/c1-15(2)29-20(13-24-27-29)33(30,31)26-22(32-3)28-14-19(16-7-5-4-6-8-16)21(25-28)17-9-11-18(23)12-10-17/h4-13,15,19H,14H2,1-3H3. The molecule has 172 valence electrons. The summed E-state index contributed by atoms with van der Waals surface area (Å²) in [6.07, 6.45) is 3.00. The number of sulfonamides is 1. The molecule has 1 atom stereocenters. The van der Waals surface area contributed by atoms with Gasteiger partial charge in [-0.2, -0.15) is 13.5 Å². The molecular weight excluding hydrogens is 480 g/mol. The van der Waals surface area contributed by atoms with E-state index in [0.29, 0.717) is 11.6 Å². The lowest BCUT2D eigenvalue weighted by Gasteiger charge is -2.17. The van der Waals surface area contributed by atoms with Gasteiger partial charge in [0, 0.05) is 17.0 Å². The molecule has 1 aromatic heterocycles. The number of hydrazone groups is 1. The number of nitrogens with zero attached hydrogens (tertiary/aromatic N) is 6. The molecule has 0 bridgehead atoms. The van der Waals surface area contributed by atoms with Crippen LogP contribution in [0.25, 0.3) is 0 Å². The third-order valence-electron chi connectivity index (χ3n) is 5.15. The lowest BCUT2D eigenvalue weighted by molar-refractivity contribution is 0.466. The van der Waals surface area contributed by atoms with Crippen LogP contribution >= 0.6 is 23.4 Å². The second-order valence-electron chi connectivity index (χ2n) is 7.70. The Morgan fingerprint density at radius 1 is 1.15 bits per heavy atom. The van der Waals surface area contributed by atoms with E-state index in [0.717, 1.165) is 16.8 Å². The molecule has 0 N–H and O–H groups in total. The highest BCUT2D eigenvalue weighted by molar-refractivity contribution is 8.13. The lowest BCUT2D eigenvalue weighted by atomic mass is 9.91. The van der Waals surface area contributed by atoms with E-state index in [2.05, 4.69) is 14.7 Å². The molecular formula is C22H23ClN6O2S2. The molecule has 0 amide bonds. The Balaban J connectivity index is 1.75. The maximum Gasteiger partial charge on any atom is 0.303 e. The number of rotatable bonds is 5. The van der Waals surface area contributed by atoms with Gasteiger partial charge in [-0.1, -0.05) is 71.0 Å². The second-order valence-corrected chi connectivity index (χ2v) is 10.5. The fraction of sp³-hybridized carbons (Fsp3) is 0.273. The predicted octanol–water partition coefficient (Wildman–Crippen LogP) is 4.42. The van der Waals surface area contributed by atoms with Gasteiger partial charge in [-0.25, -0.2) is 9.69 Å². The number of thioether (sulfide) groups is 1. The molecule has 0 aliphatic carbocycles. The molecule has 0 radical (unpaired) electrons. The summed E-state index contributed by atoms with van der Waals surface area (Å²) in [5.41, 5.74) is 2.83. The predicted molar refractivity (Wildman–Crippen MR) is 132 cm³/mol. The van der Waals surface area contributed by atoms with Crippen LogP contribution in [-0.2, 0) is 10.0 Å². The normalized spacial score (nSPS) is 17.0. The SMILES string of the molecule is CSC(=NS(=O)(=O)c1cnnn1C(C)C)N1CC(c2ccccc2)C(c2ccc(Cl)cc2)=N1. The van der Waals surface area contributed by atoms with Crippen LogP contribution in [0.2, 0.25) is 5.02 Å². The molecule has 4 rings (SSSR count). The minimum absolute atomic E-state index is 0.0511. The molecule has 1 aliphatic heterocycles. The zero-order valence-electron chi connectivity index (χ0n) is 18.3. The first-order valence-electron chi connectivity index (χ1n) is 10.3. The van der Waals surface area contributed by atoms with Crippen LogP contribution in [0.3, 0.4) is 0 Å². The van der Waals surface area contributed by atoms with Crippen LogP contribution in [-0.4, -0.2) is 52.1 Å². The van der Waals surface area contributed by atoms with Gasteiger partial charge in [0.2, 0.25) is 0 Å². The zero-order chi connectivity index (χ0) is 23.6. The monoisotopic (exact) mass is 502 g/mol. The van der Waals surface area contributed by atoms with Crippen LogP contribution in [0.5, 0.6) is 0 Å². The Hall–Kier alpha value is -2.69. The molecule has 1 unspecified atom stereocenters. The second kappa shape index (κ2) is 9.66. The third kappa shape index (κ3) is 4.97. The van der Waals surface area contributed by atoms with Gasteiger partial charge in [0.15, 0.2) is 10.2 Å². The summed E-state index contributed by atoms with van der Waals surface area (Å²) >= 11 is 7.30. The van der Waals surface area contributed by atoms with E-state index < -0.39 is 10.0 Å². The van der Waals surface area contributed by atoms with Crippen molar-refractivity contribution >= 4 is 44.3 Å². The van der Waals surface area contributed by atoms with E-state index >= 15 is 0 Å². The quantitative estimate of drug-likeness (QED) is 0.378. The third-order valence-corrected chi connectivity index (χ3v) is 7.42. The molecule has 8 nitrogen and oxygen atoms in total. The average Bonchev–Trinajstić information content (AvgIpc) is 3.47. The van der Waals surface area contributed by atoms with Crippen molar-refractivity contribution in [2.75, 3.05) is 12.8 Å². The Morgan fingerprint density at radius 2 is 1.85 bits per heavy atom. The minimum Gasteiger partial charge on any atom is -0.240 e. The van der Waals surface area contributed by atoms with E-state index in [4.69, 9.17) is 16.7 Å². The van der Waals surface area contributed by atoms with E-state index in [1.54, 1.807) is 11.3 Å². The summed E-state index contributed by atoms with van der Waals surface area (Å²) in [5, 5.41) is 14.9. The topological polar surface area (TPSA) is 92.8 Å². The van der Waals surface area contributed by atoms with E-state index in [-0.39, 0.29) is 22.2 Å². The Bertz CT molecular complexity index is 1290. The van der Waals surface area contributed by atoms with Crippen LogP contribution in [0.15, 0.2) is 75.3 Å². The van der Waals surface area contributed by atoms with Crippen molar-refractivity contribution in [3.8, 4) is 0 Å². The van der Waals surface area contributed by atoms with Crippen LogP contribution in [0.1, 0.15) is 36.9 Å². The molecule has 3 aromatic rings. The number of benzene rings is 2. The zero-order valence-corrected chi connectivity index (χ0v) is 20.7. The van der Waals surface area contributed by atoms with Crippen molar-refractivity contribution < 1.29 is 8.42 Å². The smallest absolute Gasteiger partial charge is 0.240 e. The Kier molecular flexibility index (Phi) is 6.87. The average molecular weight is 503 g/mol. The first kappa shape index (κ1) is 23.5. The number of hydrogen-bond acceptors (Lipinski definition) is 6. The lowest BCUT2D eigenvalue weighted by Crippen LogP contribution is -2.25. The van der Waals surface area contributed by atoms with Crippen molar-refractivity contribution in [1.82, 2.24) is 20.0 Å². The minimum atomic E-state index is -4.03. The molecule has 0 saturated heterocycles. The molecule has 2 aromatic carbocycles. The molecule has 1 aliphatic rings. The highest BCUT2D eigenvalue weighted by Gasteiger charge is 2.33. The van der Waals surface area contributed by atoms with E-state index in [1.165, 1.54) is 22.6 Å². The van der Waals surface area contributed by atoms with Crippen LogP contribution < -0.4 is 0 Å². The molecule has 0 saturated carbocycles. The molecule has 11 heteroatoms. The van der Waals surface area contributed by atoms with Gasteiger partial charge >= 0.3 is 10.0 Å². The number of halogens is 1. The summed E-state index contributed by atoms with van der Waals surface area (Å²) in [7, 11) is -4.03. The van der Waals surface area contributed by atoms with Crippen molar-refractivity contribution in [3.05, 3.63) is 76.9 Å². The molecule has 2 heterocycles. The summed E-state index contributed by atoms with van der Waals surface area (Å²) in [4.78, 5) is 0. The van der Waals surface area contributed by atoms with Gasteiger partial charge in [0.1, 0.15) is 0 Å². The maximum absolute atomic E-state index is 13.1. The van der Waals surface area contributed by atoms with Crippen LogP contribution in [0.4, 0.5) is 0 Å². The van der Waals surface area contributed by atoms with Gasteiger partial charge < -0.3 is 0 Å². The van der Waals surface area contributed by atoms with Crippen molar-refractivity contribution in [1.29, 1.82) is 0 Å². The van der Waals surface area contributed by atoms with E-state index in [1.807, 2.05) is 68.4 Å². The summed E-state index contributed by atoms with van der Waals surface area (Å²) in [6, 6.07) is 17.3. The van der Waals surface area contributed by atoms with Gasteiger partial charge in [-0.3, -0.25) is 0 Å². The number of aromatic nitrogens is 3. The molecule has 0 fully saturated rings. The van der Waals surface area contributed by atoms with Gasteiger partial charge in [0.25, 0.3) is 0 Å².